The second kappa shape index (κ2) is 5.92. The van der Waals surface area contributed by atoms with E-state index in [4.69, 9.17) is 5.11 Å². The predicted molar refractivity (Wildman–Crippen MR) is 72.1 cm³/mol. The van der Waals surface area contributed by atoms with Crippen LogP contribution in [-0.2, 0) is 16.6 Å². The first kappa shape index (κ1) is 15.0. The lowest BCUT2D eigenvalue weighted by atomic mass is 10.2. The van der Waals surface area contributed by atoms with E-state index in [1.165, 1.54) is 15.2 Å². The molecular weight excluding hydrogens is 282 g/mol. The highest BCUT2D eigenvalue weighted by Gasteiger charge is 2.32. The fourth-order valence-corrected chi connectivity index (χ4v) is 3.92. The second-order valence-corrected chi connectivity index (χ2v) is 6.68. The minimum atomic E-state index is -3.83. The first-order chi connectivity index (χ1) is 9.46. The van der Waals surface area contributed by atoms with Crippen LogP contribution in [-0.4, -0.2) is 46.7 Å². The summed E-state index contributed by atoms with van der Waals surface area (Å²) in [5.41, 5.74) is -0.254. The van der Waals surface area contributed by atoms with Gasteiger partial charge in [0.1, 0.15) is 5.56 Å². The van der Waals surface area contributed by atoms with Crippen LogP contribution in [0.5, 0.6) is 0 Å². The van der Waals surface area contributed by atoms with Gasteiger partial charge in [-0.3, -0.25) is 4.68 Å². The number of nitrogens with zero attached hydrogens (tertiary/aromatic N) is 3. The summed E-state index contributed by atoms with van der Waals surface area (Å²) in [6.07, 6.45) is 4.88. The quantitative estimate of drug-likeness (QED) is 0.901. The molecule has 2 rings (SSSR count). The molecule has 1 aromatic heterocycles. The van der Waals surface area contributed by atoms with Crippen LogP contribution in [0.2, 0.25) is 0 Å². The Kier molecular flexibility index (Phi) is 4.44. The highest BCUT2D eigenvalue weighted by molar-refractivity contribution is 7.89. The maximum Gasteiger partial charge on any atom is 0.340 e. The minimum Gasteiger partial charge on any atom is -0.478 e. The first-order valence-electron chi connectivity index (χ1n) is 6.77. The molecule has 0 bridgehead atoms. The number of aryl methyl sites for hydroxylation is 1. The highest BCUT2D eigenvalue weighted by atomic mass is 32.2. The number of carboxylic acids is 1. The van der Waals surface area contributed by atoms with E-state index < -0.39 is 16.0 Å². The molecule has 20 heavy (non-hydrogen) atoms. The number of aromatic nitrogens is 2. The van der Waals surface area contributed by atoms with Crippen molar-refractivity contribution in [3.05, 3.63) is 11.8 Å². The van der Waals surface area contributed by atoms with Crippen molar-refractivity contribution in [2.75, 3.05) is 13.1 Å². The molecular formula is C12H19N3O4S. The minimum absolute atomic E-state index is 0.254. The van der Waals surface area contributed by atoms with Crippen molar-refractivity contribution >= 4 is 16.0 Å². The molecule has 0 atom stereocenters. The van der Waals surface area contributed by atoms with Gasteiger partial charge in [-0.05, 0) is 19.8 Å². The topological polar surface area (TPSA) is 92.5 Å². The molecule has 1 fully saturated rings. The lowest BCUT2D eigenvalue weighted by Crippen LogP contribution is -2.33. The zero-order chi connectivity index (χ0) is 14.8. The molecule has 0 radical (unpaired) electrons. The molecule has 0 aliphatic carbocycles. The Bertz CT molecular complexity index is 586. The van der Waals surface area contributed by atoms with E-state index in [0.29, 0.717) is 19.6 Å². The van der Waals surface area contributed by atoms with Gasteiger partial charge in [0.2, 0.25) is 5.03 Å². The smallest absolute Gasteiger partial charge is 0.340 e. The summed E-state index contributed by atoms with van der Waals surface area (Å²) in [7, 11) is -3.83. The standard InChI is InChI=1S/C12H19N3O4S/c1-2-14-9-10(12(16)17)11(13-14)20(18,19)15-7-5-3-4-6-8-15/h9H,2-8H2,1H3,(H,16,17). The average Bonchev–Trinajstić information content (AvgIpc) is 2.66. The molecule has 0 aromatic carbocycles. The van der Waals surface area contributed by atoms with Crippen LogP contribution < -0.4 is 0 Å². The summed E-state index contributed by atoms with van der Waals surface area (Å²) < 4.78 is 27.9. The number of carbonyl (C=O) groups is 1. The molecule has 1 aliphatic heterocycles. The Hall–Kier alpha value is -1.41. The Morgan fingerprint density at radius 3 is 2.40 bits per heavy atom. The highest BCUT2D eigenvalue weighted by Crippen LogP contribution is 2.22. The third-order valence-corrected chi connectivity index (χ3v) is 5.27. The summed E-state index contributed by atoms with van der Waals surface area (Å²) in [4.78, 5) is 11.2. The van der Waals surface area contributed by atoms with Crippen LogP contribution in [0.25, 0.3) is 0 Å². The predicted octanol–water partition coefficient (Wildman–Crippen LogP) is 1.17. The zero-order valence-corrected chi connectivity index (χ0v) is 12.3. The van der Waals surface area contributed by atoms with E-state index in [1.54, 1.807) is 6.92 Å². The molecule has 1 aliphatic rings. The van der Waals surface area contributed by atoms with E-state index >= 15 is 0 Å². The van der Waals surface area contributed by atoms with Crippen molar-refractivity contribution in [1.29, 1.82) is 0 Å². The van der Waals surface area contributed by atoms with Crippen LogP contribution in [0.15, 0.2) is 11.2 Å². The summed E-state index contributed by atoms with van der Waals surface area (Å²) >= 11 is 0. The molecule has 1 N–H and O–H groups in total. The van der Waals surface area contributed by atoms with E-state index in [2.05, 4.69) is 5.10 Å². The van der Waals surface area contributed by atoms with Crippen LogP contribution in [0, 0.1) is 0 Å². The van der Waals surface area contributed by atoms with Gasteiger partial charge in [-0.2, -0.15) is 9.40 Å². The Morgan fingerprint density at radius 1 is 1.30 bits per heavy atom. The number of rotatable bonds is 4. The van der Waals surface area contributed by atoms with Crippen LogP contribution >= 0.6 is 0 Å². The van der Waals surface area contributed by atoms with E-state index in [9.17, 15) is 13.2 Å². The van der Waals surface area contributed by atoms with Gasteiger partial charge in [0.15, 0.2) is 0 Å². The van der Waals surface area contributed by atoms with Crippen molar-refractivity contribution in [1.82, 2.24) is 14.1 Å². The maximum absolute atomic E-state index is 12.6. The summed E-state index contributed by atoms with van der Waals surface area (Å²) in [5.74, 6) is -1.27. The number of hydrogen-bond donors (Lipinski definition) is 1. The Labute approximate surface area is 118 Å². The molecule has 1 saturated heterocycles. The third kappa shape index (κ3) is 2.85. The van der Waals surface area contributed by atoms with E-state index in [1.807, 2.05) is 0 Å². The van der Waals surface area contributed by atoms with Crippen LogP contribution in [0.1, 0.15) is 43.0 Å². The third-order valence-electron chi connectivity index (χ3n) is 3.43. The van der Waals surface area contributed by atoms with Crippen LogP contribution in [0.4, 0.5) is 0 Å². The van der Waals surface area contributed by atoms with Crippen molar-refractivity contribution in [3.8, 4) is 0 Å². The molecule has 0 saturated carbocycles. The normalized spacial score (nSPS) is 17.9. The second-order valence-electron chi connectivity index (χ2n) is 4.83. The first-order valence-corrected chi connectivity index (χ1v) is 8.21. The zero-order valence-electron chi connectivity index (χ0n) is 11.4. The lowest BCUT2D eigenvalue weighted by molar-refractivity contribution is 0.0692. The van der Waals surface area contributed by atoms with Gasteiger partial charge in [-0.1, -0.05) is 12.8 Å². The maximum atomic E-state index is 12.6. The number of aromatic carboxylic acids is 1. The number of hydrogen-bond acceptors (Lipinski definition) is 4. The summed E-state index contributed by atoms with van der Waals surface area (Å²) in [5, 5.41) is 12.7. The van der Waals surface area contributed by atoms with Gasteiger partial charge in [-0.25, -0.2) is 13.2 Å². The Morgan fingerprint density at radius 2 is 1.90 bits per heavy atom. The summed E-state index contributed by atoms with van der Waals surface area (Å²) in [6, 6.07) is 0. The van der Waals surface area contributed by atoms with E-state index in [-0.39, 0.29) is 10.6 Å². The Balaban J connectivity index is 2.42. The van der Waals surface area contributed by atoms with Crippen molar-refractivity contribution in [3.63, 3.8) is 0 Å². The molecule has 0 amide bonds. The van der Waals surface area contributed by atoms with Crippen LogP contribution in [0.3, 0.4) is 0 Å². The molecule has 0 unspecified atom stereocenters. The molecule has 2 heterocycles. The fraction of sp³-hybridized carbons (Fsp3) is 0.667. The molecule has 7 nitrogen and oxygen atoms in total. The van der Waals surface area contributed by atoms with Gasteiger partial charge in [0.05, 0.1) is 0 Å². The largest absolute Gasteiger partial charge is 0.478 e. The van der Waals surface area contributed by atoms with E-state index in [0.717, 1.165) is 25.7 Å². The molecule has 112 valence electrons. The van der Waals surface area contributed by atoms with Crippen molar-refractivity contribution in [2.24, 2.45) is 0 Å². The molecule has 1 aromatic rings. The van der Waals surface area contributed by atoms with Crippen molar-refractivity contribution in [2.45, 2.75) is 44.2 Å². The monoisotopic (exact) mass is 301 g/mol. The van der Waals surface area contributed by atoms with Gasteiger partial charge < -0.3 is 5.11 Å². The van der Waals surface area contributed by atoms with Gasteiger partial charge >= 0.3 is 5.97 Å². The lowest BCUT2D eigenvalue weighted by Gasteiger charge is -2.18. The van der Waals surface area contributed by atoms with Gasteiger partial charge in [-0.15, -0.1) is 0 Å². The SMILES string of the molecule is CCn1cc(C(=O)O)c(S(=O)(=O)N2CCCCCC2)n1. The molecule has 0 spiro atoms. The van der Waals surface area contributed by atoms with Crippen molar-refractivity contribution < 1.29 is 18.3 Å². The number of carboxylic acid groups (broad SMARTS) is 1. The average molecular weight is 301 g/mol. The van der Waals surface area contributed by atoms with Gasteiger partial charge in [0, 0.05) is 25.8 Å². The number of sulfonamides is 1. The summed E-state index contributed by atoms with van der Waals surface area (Å²) in [6.45, 7) is 3.07. The van der Waals surface area contributed by atoms with Gasteiger partial charge in [0.25, 0.3) is 10.0 Å². The fourth-order valence-electron chi connectivity index (χ4n) is 2.31. The molecule has 8 heteroatoms.